The highest BCUT2D eigenvalue weighted by Crippen LogP contribution is 2.53. The summed E-state index contributed by atoms with van der Waals surface area (Å²) < 4.78 is 2.49. The number of aromatic nitrogens is 3. The third-order valence-electron chi connectivity index (χ3n) is 9.30. The fourth-order valence-corrected chi connectivity index (χ4v) is 9.52. The summed E-state index contributed by atoms with van der Waals surface area (Å²) in [4.78, 5) is 15.6. The van der Waals surface area contributed by atoms with Crippen LogP contribution < -0.4 is 0 Å². The van der Waals surface area contributed by atoms with Gasteiger partial charge in [0.05, 0.1) is 27.1 Å². The Kier molecular flexibility index (Phi) is 6.18. The minimum atomic E-state index is 0.752. The van der Waals surface area contributed by atoms with E-state index in [1.54, 1.807) is 0 Å². The molecule has 0 fully saturated rings. The van der Waals surface area contributed by atoms with Crippen LogP contribution in [0.4, 0.5) is 0 Å². The zero-order valence-corrected chi connectivity index (χ0v) is 27.0. The molecule has 0 bridgehead atoms. The second-order valence-electron chi connectivity index (χ2n) is 12.1. The molecule has 0 saturated carbocycles. The van der Waals surface area contributed by atoms with Crippen LogP contribution in [0.2, 0.25) is 0 Å². The predicted molar refractivity (Wildman–Crippen MR) is 198 cm³/mol. The summed E-state index contributed by atoms with van der Waals surface area (Å²) in [6, 6.07) is 43.9. The monoisotopic (exact) mass is 637 g/mol. The molecular weight excluding hydrogens is 611 g/mol. The van der Waals surface area contributed by atoms with Crippen molar-refractivity contribution in [1.82, 2.24) is 14.5 Å². The van der Waals surface area contributed by atoms with E-state index in [9.17, 15) is 0 Å². The molecule has 3 nitrogen and oxygen atoms in total. The molecule has 3 heterocycles. The van der Waals surface area contributed by atoms with Crippen LogP contribution in [0, 0.1) is 0 Å². The second kappa shape index (κ2) is 10.7. The largest absolute Gasteiger partial charge is 0.307 e. The molecule has 8 aromatic rings. The molecule has 10 rings (SSSR count). The van der Waals surface area contributed by atoms with E-state index < -0.39 is 0 Å². The van der Waals surface area contributed by atoms with Gasteiger partial charge in [-0.05, 0) is 60.2 Å². The SMILES string of the molecule is C1=CCCC(c2nc(-c3cccc(-n4c5c6c(ccc5c5ccc7ccccc7c54)Sc4ccccc4S6)c3)nc3ccccc23)=C1. The van der Waals surface area contributed by atoms with Crippen LogP contribution in [0.3, 0.4) is 0 Å². The summed E-state index contributed by atoms with van der Waals surface area (Å²) in [5.74, 6) is 0.752. The molecule has 0 amide bonds. The Hall–Kier alpha value is -5.10. The van der Waals surface area contributed by atoms with Gasteiger partial charge in [0.15, 0.2) is 5.82 Å². The number of nitrogens with zero attached hydrogens (tertiary/aromatic N) is 3. The molecule has 0 saturated heterocycles. The van der Waals surface area contributed by atoms with Crippen LogP contribution in [0.25, 0.3) is 66.1 Å². The molecule has 0 unspecified atom stereocenters. The fraction of sp³-hybridized carbons (Fsp3) is 0.0476. The lowest BCUT2D eigenvalue weighted by molar-refractivity contribution is 1.04. The normalized spacial score (nSPS) is 14.1. The fourth-order valence-electron chi connectivity index (χ4n) is 7.14. The van der Waals surface area contributed by atoms with Gasteiger partial charge < -0.3 is 4.57 Å². The van der Waals surface area contributed by atoms with E-state index in [2.05, 4.69) is 144 Å². The van der Waals surface area contributed by atoms with Crippen LogP contribution in [0.1, 0.15) is 18.5 Å². The smallest absolute Gasteiger partial charge is 0.160 e. The van der Waals surface area contributed by atoms with Gasteiger partial charge in [-0.25, -0.2) is 9.97 Å². The molecule has 1 aliphatic carbocycles. The number of allylic oxidation sites excluding steroid dienone is 4. The summed E-state index contributed by atoms with van der Waals surface area (Å²) >= 11 is 3.75. The summed E-state index contributed by atoms with van der Waals surface area (Å²) in [5, 5.41) is 6.11. The van der Waals surface area contributed by atoms with Crippen LogP contribution in [0.5, 0.6) is 0 Å². The van der Waals surface area contributed by atoms with E-state index in [0.29, 0.717) is 0 Å². The first kappa shape index (κ1) is 27.1. The second-order valence-corrected chi connectivity index (χ2v) is 14.2. The van der Waals surface area contributed by atoms with Crippen molar-refractivity contribution < 1.29 is 0 Å². The standard InChI is InChI=1S/C42H27N3S2/c1-2-12-27(13-3-1)38-33-17-6-7-18-34(33)43-42(44-38)28-14-10-15-29(25-28)45-39-30-16-5-4-11-26(30)21-22-31(39)32-23-24-37-41(40(32)45)47-36-20-9-8-19-35(36)46-37/h1-2,4-12,14-25H,3,13H2. The van der Waals surface area contributed by atoms with Crippen molar-refractivity contribution in [3.8, 4) is 17.1 Å². The van der Waals surface area contributed by atoms with Gasteiger partial charge in [0.2, 0.25) is 0 Å². The Labute approximate surface area is 280 Å². The molecule has 5 heteroatoms. The summed E-state index contributed by atoms with van der Waals surface area (Å²) in [6.07, 6.45) is 8.59. The average molecular weight is 638 g/mol. The van der Waals surface area contributed by atoms with Gasteiger partial charge in [0.25, 0.3) is 0 Å². The lowest BCUT2D eigenvalue weighted by atomic mass is 9.98. The first-order chi connectivity index (χ1) is 23.3. The molecule has 0 spiro atoms. The van der Waals surface area contributed by atoms with Gasteiger partial charge >= 0.3 is 0 Å². The van der Waals surface area contributed by atoms with Crippen molar-refractivity contribution in [2.45, 2.75) is 32.4 Å². The quantitative estimate of drug-likeness (QED) is 0.193. The predicted octanol–water partition coefficient (Wildman–Crippen LogP) is 11.9. The lowest BCUT2D eigenvalue weighted by Crippen LogP contribution is -2.01. The minimum absolute atomic E-state index is 0.752. The first-order valence-corrected chi connectivity index (χ1v) is 17.6. The average Bonchev–Trinajstić information content (AvgIpc) is 3.49. The van der Waals surface area contributed by atoms with E-state index in [-0.39, 0.29) is 0 Å². The molecule has 0 N–H and O–H groups in total. The van der Waals surface area contributed by atoms with E-state index in [1.165, 1.54) is 57.7 Å². The van der Waals surface area contributed by atoms with Gasteiger partial charge in [0.1, 0.15) is 0 Å². The van der Waals surface area contributed by atoms with E-state index in [4.69, 9.17) is 9.97 Å². The third kappa shape index (κ3) is 4.31. The number of para-hydroxylation sites is 1. The summed E-state index contributed by atoms with van der Waals surface area (Å²) in [5.41, 5.74) is 7.86. The number of fused-ring (bicyclic) bond motifs is 9. The highest BCUT2D eigenvalue weighted by Gasteiger charge is 2.25. The van der Waals surface area contributed by atoms with Crippen LogP contribution >= 0.6 is 23.5 Å². The molecule has 1 aliphatic heterocycles. The Bertz CT molecular complexity index is 2650. The van der Waals surface area contributed by atoms with Gasteiger partial charge in [-0.3, -0.25) is 0 Å². The molecule has 47 heavy (non-hydrogen) atoms. The maximum absolute atomic E-state index is 5.26. The molecule has 0 radical (unpaired) electrons. The summed E-state index contributed by atoms with van der Waals surface area (Å²) in [7, 11) is 0. The highest BCUT2D eigenvalue weighted by molar-refractivity contribution is 8.05. The van der Waals surface area contributed by atoms with Gasteiger partial charge in [0, 0.05) is 47.5 Å². The summed E-state index contributed by atoms with van der Waals surface area (Å²) in [6.45, 7) is 0. The van der Waals surface area contributed by atoms with Crippen LogP contribution in [0.15, 0.2) is 159 Å². The van der Waals surface area contributed by atoms with Crippen molar-refractivity contribution in [1.29, 1.82) is 0 Å². The first-order valence-electron chi connectivity index (χ1n) is 16.0. The number of rotatable bonds is 3. The molecule has 6 aromatic carbocycles. The minimum Gasteiger partial charge on any atom is -0.307 e. The van der Waals surface area contributed by atoms with E-state index in [0.717, 1.165) is 46.5 Å². The van der Waals surface area contributed by atoms with Gasteiger partial charge in [-0.15, -0.1) is 0 Å². The van der Waals surface area contributed by atoms with Crippen molar-refractivity contribution >= 4 is 72.6 Å². The zero-order valence-electron chi connectivity index (χ0n) is 25.4. The number of hydrogen-bond acceptors (Lipinski definition) is 4. The number of hydrogen-bond donors (Lipinski definition) is 0. The molecule has 222 valence electrons. The Morgan fingerprint density at radius 2 is 1.38 bits per heavy atom. The molecule has 0 atom stereocenters. The topological polar surface area (TPSA) is 30.7 Å². The Balaban J connectivity index is 1.25. The van der Waals surface area contributed by atoms with Crippen molar-refractivity contribution in [2.24, 2.45) is 0 Å². The molecule has 2 aromatic heterocycles. The van der Waals surface area contributed by atoms with E-state index >= 15 is 0 Å². The third-order valence-corrected chi connectivity index (χ3v) is 11.9. The number of benzene rings is 6. The van der Waals surface area contributed by atoms with Crippen molar-refractivity contribution in [2.75, 3.05) is 0 Å². The van der Waals surface area contributed by atoms with E-state index in [1.807, 2.05) is 23.5 Å². The Morgan fingerprint density at radius 1 is 0.596 bits per heavy atom. The van der Waals surface area contributed by atoms with Gasteiger partial charge in [-0.2, -0.15) is 0 Å². The Morgan fingerprint density at radius 3 is 2.28 bits per heavy atom. The maximum atomic E-state index is 5.26. The van der Waals surface area contributed by atoms with Crippen LogP contribution in [-0.4, -0.2) is 14.5 Å². The van der Waals surface area contributed by atoms with Crippen molar-refractivity contribution in [3.63, 3.8) is 0 Å². The van der Waals surface area contributed by atoms with Gasteiger partial charge in [-0.1, -0.05) is 127 Å². The van der Waals surface area contributed by atoms with Crippen LogP contribution in [-0.2, 0) is 0 Å². The maximum Gasteiger partial charge on any atom is 0.160 e. The zero-order chi connectivity index (χ0) is 30.9. The molecule has 2 aliphatic rings. The van der Waals surface area contributed by atoms with Crippen molar-refractivity contribution in [3.05, 3.63) is 145 Å². The molecular formula is C42H27N3S2. The highest BCUT2D eigenvalue weighted by atomic mass is 32.2. The lowest BCUT2D eigenvalue weighted by Gasteiger charge is -2.20.